The van der Waals surface area contributed by atoms with E-state index in [9.17, 15) is 4.79 Å². The lowest BCUT2D eigenvalue weighted by Gasteiger charge is -2.45. The van der Waals surface area contributed by atoms with Gasteiger partial charge in [-0.15, -0.1) is 5.10 Å². The van der Waals surface area contributed by atoms with Crippen LogP contribution in [0, 0.1) is 0 Å². The Morgan fingerprint density at radius 3 is 2.82 bits per heavy atom. The van der Waals surface area contributed by atoms with Gasteiger partial charge >= 0.3 is 0 Å². The molecule has 0 bridgehead atoms. The molecule has 1 aromatic carbocycles. The van der Waals surface area contributed by atoms with Crippen LogP contribution in [0.2, 0.25) is 0 Å². The molecule has 1 atom stereocenters. The smallest absolute Gasteiger partial charge is 0.256 e. The third kappa shape index (κ3) is 3.05. The number of hydrogen-bond acceptors (Lipinski definition) is 5. The van der Waals surface area contributed by atoms with Crippen molar-refractivity contribution < 1.29 is 9.53 Å². The van der Waals surface area contributed by atoms with E-state index >= 15 is 0 Å². The molecule has 0 radical (unpaired) electrons. The fourth-order valence-electron chi connectivity index (χ4n) is 4.48. The van der Waals surface area contributed by atoms with Crippen LogP contribution in [0.25, 0.3) is 0 Å². The highest BCUT2D eigenvalue weighted by molar-refractivity contribution is 5.83. The zero-order valence-electron chi connectivity index (χ0n) is 16.3. The molecule has 1 amide bonds. The van der Waals surface area contributed by atoms with Crippen molar-refractivity contribution in [2.45, 2.75) is 44.2 Å². The van der Waals surface area contributed by atoms with Gasteiger partial charge in [0.15, 0.2) is 11.9 Å². The minimum absolute atomic E-state index is 0.0494. The van der Waals surface area contributed by atoms with Gasteiger partial charge in [0.05, 0.1) is 18.3 Å². The molecule has 1 aliphatic carbocycles. The van der Waals surface area contributed by atoms with Gasteiger partial charge in [0.2, 0.25) is 0 Å². The molecule has 1 aromatic heterocycles. The molecule has 3 heterocycles. The fourth-order valence-corrected chi connectivity index (χ4v) is 4.48. The van der Waals surface area contributed by atoms with Crippen molar-refractivity contribution in [3.63, 3.8) is 0 Å². The summed E-state index contributed by atoms with van der Waals surface area (Å²) >= 11 is 0. The molecule has 0 N–H and O–H groups in total. The number of nitrogens with zero attached hydrogens (tertiary/aromatic N) is 4. The SMILES string of the molecule is CN(C(=O)C1OCCc2ccccc21)C1CN(c2cc3c(nn2)CCCC3)C1. The largest absolute Gasteiger partial charge is 0.363 e. The number of aryl methyl sites for hydroxylation is 2. The van der Waals surface area contributed by atoms with E-state index in [1.807, 2.05) is 30.1 Å². The third-order valence-electron chi connectivity index (χ3n) is 6.36. The van der Waals surface area contributed by atoms with Gasteiger partial charge in [0.1, 0.15) is 0 Å². The average molecular weight is 378 g/mol. The second-order valence-electron chi connectivity index (χ2n) is 8.09. The molecule has 1 fully saturated rings. The molecule has 2 aliphatic heterocycles. The van der Waals surface area contributed by atoms with Crippen molar-refractivity contribution in [3.05, 3.63) is 52.7 Å². The molecule has 146 valence electrons. The number of ether oxygens (including phenoxy) is 1. The number of rotatable bonds is 3. The number of fused-ring (bicyclic) bond motifs is 2. The van der Waals surface area contributed by atoms with Crippen molar-refractivity contribution in [2.24, 2.45) is 0 Å². The minimum Gasteiger partial charge on any atom is -0.363 e. The van der Waals surface area contributed by atoms with Crippen LogP contribution in [0.1, 0.15) is 41.3 Å². The van der Waals surface area contributed by atoms with Crippen molar-refractivity contribution in [3.8, 4) is 0 Å². The molecule has 0 saturated carbocycles. The quantitative estimate of drug-likeness (QED) is 0.820. The second kappa shape index (κ2) is 7.17. The number of carbonyl (C=O) groups is 1. The minimum atomic E-state index is -0.479. The second-order valence-corrected chi connectivity index (χ2v) is 8.09. The maximum atomic E-state index is 13.1. The van der Waals surface area contributed by atoms with Crippen molar-refractivity contribution in [1.82, 2.24) is 15.1 Å². The lowest BCUT2D eigenvalue weighted by molar-refractivity contribution is -0.146. The van der Waals surface area contributed by atoms with E-state index in [1.54, 1.807) is 0 Å². The van der Waals surface area contributed by atoms with Crippen LogP contribution < -0.4 is 4.90 Å². The summed E-state index contributed by atoms with van der Waals surface area (Å²) in [5.41, 5.74) is 4.74. The molecular formula is C22H26N4O2. The van der Waals surface area contributed by atoms with E-state index in [0.29, 0.717) is 6.61 Å². The van der Waals surface area contributed by atoms with Crippen LogP contribution in [-0.2, 0) is 28.8 Å². The molecule has 6 heteroatoms. The van der Waals surface area contributed by atoms with Gasteiger partial charge in [0, 0.05) is 20.1 Å². The molecule has 5 rings (SSSR count). The van der Waals surface area contributed by atoms with Gasteiger partial charge in [-0.3, -0.25) is 4.79 Å². The monoisotopic (exact) mass is 378 g/mol. The molecule has 1 saturated heterocycles. The predicted molar refractivity (Wildman–Crippen MR) is 106 cm³/mol. The van der Waals surface area contributed by atoms with Gasteiger partial charge in [0.25, 0.3) is 5.91 Å². The first-order valence-electron chi connectivity index (χ1n) is 10.3. The van der Waals surface area contributed by atoms with Crippen molar-refractivity contribution in [2.75, 3.05) is 31.6 Å². The van der Waals surface area contributed by atoms with Crippen LogP contribution in [0.3, 0.4) is 0 Å². The lowest BCUT2D eigenvalue weighted by atomic mass is 9.95. The Kier molecular flexibility index (Phi) is 4.51. The number of anilines is 1. The normalized spacial score (nSPS) is 21.5. The Labute approximate surface area is 165 Å². The average Bonchev–Trinajstić information content (AvgIpc) is 2.71. The lowest BCUT2D eigenvalue weighted by Crippen LogP contribution is -2.61. The fraction of sp³-hybridized carbons (Fsp3) is 0.500. The summed E-state index contributed by atoms with van der Waals surface area (Å²) in [6, 6.07) is 10.5. The summed E-state index contributed by atoms with van der Waals surface area (Å²) in [7, 11) is 1.89. The van der Waals surface area contributed by atoms with E-state index in [-0.39, 0.29) is 11.9 Å². The molecule has 28 heavy (non-hydrogen) atoms. The molecule has 3 aliphatic rings. The summed E-state index contributed by atoms with van der Waals surface area (Å²) in [6.45, 7) is 2.19. The van der Waals surface area contributed by atoms with E-state index in [4.69, 9.17) is 4.74 Å². The van der Waals surface area contributed by atoms with Crippen LogP contribution in [0.15, 0.2) is 30.3 Å². The predicted octanol–water partition coefficient (Wildman–Crippen LogP) is 2.32. The summed E-state index contributed by atoms with van der Waals surface area (Å²) in [6.07, 6.45) is 5.00. The zero-order chi connectivity index (χ0) is 19.1. The van der Waals surface area contributed by atoms with E-state index in [0.717, 1.165) is 49.4 Å². The summed E-state index contributed by atoms with van der Waals surface area (Å²) in [5, 5.41) is 8.85. The highest BCUT2D eigenvalue weighted by Crippen LogP contribution is 2.31. The number of amides is 1. The first-order valence-corrected chi connectivity index (χ1v) is 10.3. The number of likely N-dealkylation sites (N-methyl/N-ethyl adjacent to an activating group) is 1. The Bertz CT molecular complexity index is 894. The van der Waals surface area contributed by atoms with E-state index < -0.39 is 6.10 Å². The number of hydrogen-bond donors (Lipinski definition) is 0. The van der Waals surface area contributed by atoms with Crippen LogP contribution in [0.4, 0.5) is 5.82 Å². The maximum Gasteiger partial charge on any atom is 0.256 e. The maximum absolute atomic E-state index is 13.1. The Morgan fingerprint density at radius 1 is 1.11 bits per heavy atom. The first kappa shape index (κ1) is 17.6. The number of benzene rings is 1. The van der Waals surface area contributed by atoms with Gasteiger partial charge in [-0.1, -0.05) is 24.3 Å². The molecule has 6 nitrogen and oxygen atoms in total. The van der Waals surface area contributed by atoms with Gasteiger partial charge in [-0.2, -0.15) is 5.10 Å². The Morgan fingerprint density at radius 2 is 1.93 bits per heavy atom. The Hall–Kier alpha value is -2.47. The van der Waals surface area contributed by atoms with E-state index in [1.165, 1.54) is 24.0 Å². The number of carbonyl (C=O) groups excluding carboxylic acids is 1. The highest BCUT2D eigenvalue weighted by atomic mass is 16.5. The van der Waals surface area contributed by atoms with Crippen LogP contribution in [0.5, 0.6) is 0 Å². The van der Waals surface area contributed by atoms with E-state index in [2.05, 4.69) is 27.2 Å². The number of aromatic nitrogens is 2. The zero-order valence-corrected chi connectivity index (χ0v) is 16.3. The molecule has 1 unspecified atom stereocenters. The molecule has 2 aromatic rings. The Balaban J connectivity index is 1.25. The van der Waals surface area contributed by atoms with Crippen molar-refractivity contribution >= 4 is 11.7 Å². The van der Waals surface area contributed by atoms with Crippen molar-refractivity contribution in [1.29, 1.82) is 0 Å². The highest BCUT2D eigenvalue weighted by Gasteiger charge is 2.38. The topological polar surface area (TPSA) is 58.6 Å². The van der Waals surface area contributed by atoms with Gasteiger partial charge < -0.3 is 14.5 Å². The standard InChI is InChI=1S/C22H26N4O2/c1-25(22(27)21-18-8-4-2-6-15(18)10-11-28-21)17-13-26(14-17)20-12-16-7-3-5-9-19(16)23-24-20/h2,4,6,8,12,17,21H,3,5,7,9-11,13-14H2,1H3. The molecule has 0 spiro atoms. The summed E-state index contributed by atoms with van der Waals surface area (Å²) in [5.74, 6) is 0.991. The third-order valence-corrected chi connectivity index (χ3v) is 6.36. The molecular weight excluding hydrogens is 352 g/mol. The van der Waals surface area contributed by atoms with Gasteiger partial charge in [-0.05, 0) is 54.9 Å². The first-order chi connectivity index (χ1) is 13.7. The summed E-state index contributed by atoms with van der Waals surface area (Å²) in [4.78, 5) is 17.2. The van der Waals surface area contributed by atoms with Gasteiger partial charge in [-0.25, -0.2) is 0 Å². The summed E-state index contributed by atoms with van der Waals surface area (Å²) < 4.78 is 5.85. The van der Waals surface area contributed by atoms with Crippen LogP contribution >= 0.6 is 0 Å². The van der Waals surface area contributed by atoms with Crippen LogP contribution in [-0.4, -0.2) is 53.8 Å².